The number of carbonyl (C=O) groups excluding carboxylic acids is 1. The molecule has 0 saturated carbocycles. The van der Waals surface area contributed by atoms with Gasteiger partial charge in [0.25, 0.3) is 0 Å². The molecule has 1 aromatic heterocycles. The van der Waals surface area contributed by atoms with Gasteiger partial charge in [0.15, 0.2) is 0 Å². The first kappa shape index (κ1) is 26.8. The molecule has 2 atom stereocenters. The van der Waals surface area contributed by atoms with Crippen molar-refractivity contribution in [3.8, 4) is 11.6 Å². The highest BCUT2D eigenvalue weighted by Crippen LogP contribution is 2.40. The smallest absolute Gasteiger partial charge is 0.234 e. The fraction of sp³-hybridized carbons (Fsp3) is 0.207. The van der Waals surface area contributed by atoms with E-state index in [4.69, 9.17) is 36.9 Å². The molecule has 0 radical (unpaired) electrons. The normalized spacial score (nSPS) is 15.6. The van der Waals surface area contributed by atoms with Crippen molar-refractivity contribution in [1.82, 2.24) is 9.99 Å². The Balaban J connectivity index is 1.41. The Bertz CT molecular complexity index is 1500. The maximum Gasteiger partial charge on any atom is 0.234 e. The summed E-state index contributed by atoms with van der Waals surface area (Å²) in [4.78, 5) is 17.4. The minimum absolute atomic E-state index is 0.146. The van der Waals surface area contributed by atoms with E-state index in [0.717, 1.165) is 33.5 Å². The van der Waals surface area contributed by atoms with Crippen LogP contribution in [0.15, 0.2) is 84.0 Å². The van der Waals surface area contributed by atoms with Gasteiger partial charge in [-0.1, -0.05) is 29.8 Å². The molecule has 3 aromatic carbocycles. The summed E-state index contributed by atoms with van der Waals surface area (Å²) >= 11 is 7.24. The summed E-state index contributed by atoms with van der Waals surface area (Å²) < 4.78 is 11.0. The van der Waals surface area contributed by atoms with E-state index in [9.17, 15) is 4.79 Å². The summed E-state index contributed by atoms with van der Waals surface area (Å²) in [5, 5.41) is 11.2. The van der Waals surface area contributed by atoms with Crippen LogP contribution >= 0.6 is 23.4 Å². The minimum atomic E-state index is -0.599. The van der Waals surface area contributed by atoms with Gasteiger partial charge in [-0.15, -0.1) is 11.8 Å². The summed E-state index contributed by atoms with van der Waals surface area (Å²) in [6.45, 7) is 0. The number of rotatable bonds is 9. The zero-order valence-corrected chi connectivity index (χ0v) is 23.1. The molecule has 2 unspecified atom stereocenters. The second-order valence-corrected chi connectivity index (χ2v) is 10.5. The highest BCUT2D eigenvalue weighted by atomic mass is 35.5. The molecule has 1 aliphatic rings. The Morgan fingerprint density at radius 2 is 1.85 bits per heavy atom. The third-order valence-electron chi connectivity index (χ3n) is 6.41. The quantitative estimate of drug-likeness (QED) is 0.254. The number of hydrazone groups is 1. The topological polar surface area (TPSA) is 102 Å². The van der Waals surface area contributed by atoms with Crippen LogP contribution in [0.1, 0.15) is 23.6 Å². The molecule has 2 heterocycles. The Morgan fingerprint density at radius 3 is 2.56 bits per heavy atom. The predicted octanol–water partition coefficient (Wildman–Crippen LogP) is 5.67. The lowest BCUT2D eigenvalue weighted by molar-refractivity contribution is -0.113. The first-order valence-corrected chi connectivity index (χ1v) is 13.7. The van der Waals surface area contributed by atoms with Gasteiger partial charge in [0.2, 0.25) is 11.8 Å². The molecule has 8 nitrogen and oxygen atoms in total. The van der Waals surface area contributed by atoms with Crippen molar-refractivity contribution in [3.05, 3.63) is 95.0 Å². The molecule has 0 bridgehead atoms. The van der Waals surface area contributed by atoms with Crippen LogP contribution in [0.5, 0.6) is 11.6 Å². The summed E-state index contributed by atoms with van der Waals surface area (Å²) in [7, 11) is 3.25. The van der Waals surface area contributed by atoms with Crippen molar-refractivity contribution in [2.75, 3.05) is 25.3 Å². The molecule has 3 N–H and O–H groups in total. The number of nitrogens with zero attached hydrogens (tertiary/aromatic N) is 3. The SMILES string of the molecule is COc1ccc(C2=NN(C(N)SCC(=O)Nc3ccc(Cl)cc3)C(c3cc4ccccc4nc3OC)C2)cc1. The largest absolute Gasteiger partial charge is 0.497 e. The van der Waals surface area contributed by atoms with Gasteiger partial charge in [0.1, 0.15) is 11.2 Å². The number of halogens is 1. The Labute approximate surface area is 236 Å². The Kier molecular flexibility index (Phi) is 8.21. The molecule has 4 aromatic rings. The molecule has 1 aliphatic heterocycles. The van der Waals surface area contributed by atoms with Gasteiger partial charge in [-0.2, -0.15) is 5.10 Å². The molecule has 0 fully saturated rings. The number of carbonyl (C=O) groups is 1. The van der Waals surface area contributed by atoms with Crippen molar-refractivity contribution in [2.45, 2.75) is 18.0 Å². The van der Waals surface area contributed by atoms with Crippen LogP contribution in [0.25, 0.3) is 10.9 Å². The molecule has 1 amide bonds. The summed E-state index contributed by atoms with van der Waals surface area (Å²) in [6, 6.07) is 24.5. The van der Waals surface area contributed by atoms with E-state index in [1.54, 1.807) is 38.5 Å². The number of nitrogens with one attached hydrogen (secondary N) is 1. The molecule has 39 heavy (non-hydrogen) atoms. The zero-order valence-electron chi connectivity index (χ0n) is 21.5. The van der Waals surface area contributed by atoms with E-state index in [-0.39, 0.29) is 17.7 Å². The fourth-order valence-electron chi connectivity index (χ4n) is 4.46. The summed E-state index contributed by atoms with van der Waals surface area (Å²) in [5.41, 5.74) is 10.3. The number of pyridine rings is 1. The van der Waals surface area contributed by atoms with Crippen molar-refractivity contribution in [2.24, 2.45) is 10.8 Å². The van der Waals surface area contributed by atoms with Crippen molar-refractivity contribution >= 4 is 51.6 Å². The highest BCUT2D eigenvalue weighted by Gasteiger charge is 2.35. The Morgan fingerprint density at radius 1 is 1.10 bits per heavy atom. The second-order valence-electron chi connectivity index (χ2n) is 8.91. The number of hydrogen-bond acceptors (Lipinski definition) is 8. The molecule has 0 spiro atoms. The number of methoxy groups -OCH3 is 2. The molecular formula is C29H28ClN5O3S. The van der Waals surface area contributed by atoms with Crippen LogP contribution < -0.4 is 20.5 Å². The number of ether oxygens (including phenoxy) is 2. The third-order valence-corrected chi connectivity index (χ3v) is 7.65. The van der Waals surface area contributed by atoms with Gasteiger partial charge >= 0.3 is 0 Å². The summed E-state index contributed by atoms with van der Waals surface area (Å²) in [5.74, 6) is 1.27. The number of fused-ring (bicyclic) bond motifs is 1. The van der Waals surface area contributed by atoms with Gasteiger partial charge in [-0.05, 0) is 66.2 Å². The lowest BCUT2D eigenvalue weighted by atomic mass is 9.98. The van der Waals surface area contributed by atoms with Gasteiger partial charge in [-0.25, -0.2) is 4.98 Å². The highest BCUT2D eigenvalue weighted by molar-refractivity contribution is 8.00. The second kappa shape index (κ2) is 11.9. The number of aromatic nitrogens is 1. The lowest BCUT2D eigenvalue weighted by Crippen LogP contribution is -2.37. The third kappa shape index (κ3) is 6.11. The van der Waals surface area contributed by atoms with Crippen LogP contribution in [0.3, 0.4) is 0 Å². The number of para-hydroxylation sites is 1. The van der Waals surface area contributed by atoms with Gasteiger partial charge in [-0.3, -0.25) is 9.80 Å². The maximum absolute atomic E-state index is 12.6. The van der Waals surface area contributed by atoms with E-state index in [2.05, 4.69) is 11.4 Å². The van der Waals surface area contributed by atoms with Gasteiger partial charge in [0, 0.05) is 28.1 Å². The standard InChI is InChI=1S/C29H28ClN5O3S/c1-37-22-13-7-18(8-14-22)25-16-26(23-15-19-5-3-4-6-24(19)33-28(23)38-2)35(34-25)29(31)39-17-27(36)32-21-11-9-20(30)10-12-21/h3-15,26,29H,16-17,31H2,1-2H3,(H,32,36). The Hall–Kier alpha value is -3.79. The number of anilines is 1. The van der Waals surface area contributed by atoms with E-state index < -0.39 is 5.50 Å². The van der Waals surface area contributed by atoms with Crippen molar-refractivity contribution in [3.63, 3.8) is 0 Å². The van der Waals surface area contributed by atoms with E-state index >= 15 is 0 Å². The van der Waals surface area contributed by atoms with E-state index in [0.29, 0.717) is 23.0 Å². The number of nitrogens with two attached hydrogens (primary N) is 1. The van der Waals surface area contributed by atoms with E-state index in [1.165, 1.54) is 11.8 Å². The average Bonchev–Trinajstić information content (AvgIpc) is 3.42. The van der Waals surface area contributed by atoms with Gasteiger partial charge in [0.05, 0.1) is 37.2 Å². The average molecular weight is 562 g/mol. The summed E-state index contributed by atoms with van der Waals surface area (Å²) in [6.07, 6.45) is 0.591. The van der Waals surface area contributed by atoms with Crippen LogP contribution in [0.2, 0.25) is 5.02 Å². The van der Waals surface area contributed by atoms with Gasteiger partial charge < -0.3 is 20.5 Å². The maximum atomic E-state index is 12.6. The van der Waals surface area contributed by atoms with Crippen LogP contribution in [0, 0.1) is 0 Å². The molecule has 10 heteroatoms. The fourth-order valence-corrected chi connectivity index (χ4v) is 5.32. The molecule has 0 aliphatic carbocycles. The zero-order chi connectivity index (χ0) is 27.4. The number of amides is 1. The van der Waals surface area contributed by atoms with Crippen LogP contribution in [-0.4, -0.2) is 47.1 Å². The molecular weight excluding hydrogens is 534 g/mol. The first-order chi connectivity index (χ1) is 18.9. The monoisotopic (exact) mass is 561 g/mol. The number of benzene rings is 3. The van der Waals surface area contributed by atoms with Crippen LogP contribution in [0.4, 0.5) is 5.69 Å². The van der Waals surface area contributed by atoms with Crippen molar-refractivity contribution in [1.29, 1.82) is 0 Å². The number of hydrogen-bond donors (Lipinski definition) is 2. The number of thioether (sulfide) groups is 1. The molecule has 5 rings (SSSR count). The van der Waals surface area contributed by atoms with Crippen molar-refractivity contribution < 1.29 is 14.3 Å². The minimum Gasteiger partial charge on any atom is -0.497 e. The van der Waals surface area contributed by atoms with E-state index in [1.807, 2.05) is 53.5 Å². The van der Waals surface area contributed by atoms with Crippen LogP contribution in [-0.2, 0) is 4.79 Å². The first-order valence-electron chi connectivity index (χ1n) is 12.3. The lowest BCUT2D eigenvalue weighted by Gasteiger charge is -2.29. The predicted molar refractivity (Wildman–Crippen MR) is 158 cm³/mol. The molecule has 200 valence electrons. The molecule has 0 saturated heterocycles.